The van der Waals surface area contributed by atoms with Crippen molar-refractivity contribution < 1.29 is 13.6 Å². The minimum atomic E-state index is -1.02. The maximum atomic E-state index is 13.4. The van der Waals surface area contributed by atoms with Crippen LogP contribution in [0.5, 0.6) is 0 Å². The molecular formula is C13H16F2N2O. The number of likely N-dealkylation sites (tertiary alicyclic amines) is 1. The van der Waals surface area contributed by atoms with Crippen LogP contribution in [0.25, 0.3) is 0 Å². The molecule has 18 heavy (non-hydrogen) atoms. The quantitative estimate of drug-likeness (QED) is 0.820. The van der Waals surface area contributed by atoms with Crippen molar-refractivity contribution in [2.24, 2.45) is 5.92 Å². The van der Waals surface area contributed by atoms with Gasteiger partial charge in [0.05, 0.1) is 5.69 Å². The summed E-state index contributed by atoms with van der Waals surface area (Å²) in [4.78, 5) is 13.5. The normalized spacial score (nSPS) is 16.7. The molecule has 1 N–H and O–H groups in total. The zero-order chi connectivity index (χ0) is 13.1. The first-order chi connectivity index (χ1) is 8.58. The molecule has 0 bridgehead atoms. The number of nitrogens with zero attached hydrogens (tertiary/aromatic N) is 1. The van der Waals surface area contributed by atoms with Crippen molar-refractivity contribution in [3.05, 3.63) is 29.8 Å². The summed E-state index contributed by atoms with van der Waals surface area (Å²) < 4.78 is 26.4. The summed E-state index contributed by atoms with van der Waals surface area (Å²) in [6, 6.07) is 3.37. The Bertz CT molecular complexity index is 443. The molecule has 1 aliphatic heterocycles. The second-order valence-corrected chi connectivity index (χ2v) is 4.70. The van der Waals surface area contributed by atoms with E-state index in [0.717, 1.165) is 18.9 Å². The van der Waals surface area contributed by atoms with Crippen molar-refractivity contribution in [3.8, 4) is 0 Å². The van der Waals surface area contributed by atoms with Crippen LogP contribution in [0.4, 0.5) is 19.3 Å². The van der Waals surface area contributed by atoms with Gasteiger partial charge in [-0.05, 0) is 30.9 Å². The standard InChI is InChI=1S/C13H16F2N2O/c1-9-5-7-17(8-6-9)13(18)16-11-4-2-3-10(14)12(11)15/h2-4,9H,5-8H2,1H3,(H,16,18). The number of halogens is 2. The summed E-state index contributed by atoms with van der Waals surface area (Å²) in [5, 5.41) is 2.41. The van der Waals surface area contributed by atoms with Crippen LogP contribution < -0.4 is 5.32 Å². The number of rotatable bonds is 1. The first kappa shape index (κ1) is 12.8. The topological polar surface area (TPSA) is 32.3 Å². The Morgan fingerprint density at radius 2 is 2.00 bits per heavy atom. The number of amides is 2. The Labute approximate surface area is 105 Å². The third-order valence-corrected chi connectivity index (χ3v) is 3.26. The van der Waals surface area contributed by atoms with Crippen molar-refractivity contribution in [2.45, 2.75) is 19.8 Å². The molecule has 98 valence electrons. The van der Waals surface area contributed by atoms with Crippen LogP contribution >= 0.6 is 0 Å². The van der Waals surface area contributed by atoms with E-state index >= 15 is 0 Å². The average Bonchev–Trinajstić information content (AvgIpc) is 2.36. The summed E-state index contributed by atoms with van der Waals surface area (Å²) >= 11 is 0. The van der Waals surface area contributed by atoms with Crippen molar-refractivity contribution in [3.63, 3.8) is 0 Å². The summed E-state index contributed by atoms with van der Waals surface area (Å²) in [6.07, 6.45) is 1.89. The zero-order valence-corrected chi connectivity index (χ0v) is 10.2. The Morgan fingerprint density at radius 3 is 2.67 bits per heavy atom. The molecule has 5 heteroatoms. The zero-order valence-electron chi connectivity index (χ0n) is 10.2. The molecule has 1 fully saturated rings. The molecule has 2 rings (SSSR count). The molecule has 0 saturated carbocycles. The molecule has 0 radical (unpaired) electrons. The van der Waals surface area contributed by atoms with E-state index in [-0.39, 0.29) is 11.7 Å². The SMILES string of the molecule is CC1CCN(C(=O)Nc2cccc(F)c2F)CC1. The van der Waals surface area contributed by atoms with E-state index in [1.165, 1.54) is 12.1 Å². The molecule has 0 unspecified atom stereocenters. The molecule has 1 aromatic rings. The monoisotopic (exact) mass is 254 g/mol. The fraction of sp³-hybridized carbons (Fsp3) is 0.462. The minimum Gasteiger partial charge on any atom is -0.325 e. The van der Waals surface area contributed by atoms with Gasteiger partial charge >= 0.3 is 6.03 Å². The molecule has 0 aliphatic carbocycles. The lowest BCUT2D eigenvalue weighted by atomic mass is 10.00. The summed E-state index contributed by atoms with van der Waals surface area (Å²) in [5.41, 5.74) is -0.112. The van der Waals surface area contributed by atoms with Gasteiger partial charge in [-0.2, -0.15) is 0 Å². The summed E-state index contributed by atoms with van der Waals surface area (Å²) in [6.45, 7) is 3.45. The Hall–Kier alpha value is -1.65. The third kappa shape index (κ3) is 2.78. The summed E-state index contributed by atoms with van der Waals surface area (Å²) in [7, 11) is 0. The van der Waals surface area contributed by atoms with E-state index in [1.807, 2.05) is 0 Å². The number of carbonyl (C=O) groups is 1. The lowest BCUT2D eigenvalue weighted by molar-refractivity contribution is 0.186. The van der Waals surface area contributed by atoms with Crippen LogP contribution in [0.3, 0.4) is 0 Å². The van der Waals surface area contributed by atoms with Gasteiger partial charge in [0, 0.05) is 13.1 Å². The maximum Gasteiger partial charge on any atom is 0.321 e. The fourth-order valence-electron chi connectivity index (χ4n) is 2.01. The smallest absolute Gasteiger partial charge is 0.321 e. The molecule has 3 nitrogen and oxygen atoms in total. The molecule has 1 saturated heterocycles. The number of nitrogens with one attached hydrogen (secondary N) is 1. The van der Waals surface area contributed by atoms with Crippen LogP contribution in [-0.4, -0.2) is 24.0 Å². The van der Waals surface area contributed by atoms with Gasteiger partial charge in [-0.25, -0.2) is 13.6 Å². The molecular weight excluding hydrogens is 238 g/mol. The van der Waals surface area contributed by atoms with Gasteiger partial charge in [-0.15, -0.1) is 0 Å². The second-order valence-electron chi connectivity index (χ2n) is 4.70. The molecule has 1 heterocycles. The number of piperidine rings is 1. The number of hydrogen-bond acceptors (Lipinski definition) is 1. The van der Waals surface area contributed by atoms with Crippen molar-refractivity contribution in [1.29, 1.82) is 0 Å². The van der Waals surface area contributed by atoms with E-state index in [9.17, 15) is 13.6 Å². The van der Waals surface area contributed by atoms with E-state index in [1.54, 1.807) is 4.90 Å². The highest BCUT2D eigenvalue weighted by atomic mass is 19.2. The van der Waals surface area contributed by atoms with Gasteiger partial charge in [0.15, 0.2) is 11.6 Å². The van der Waals surface area contributed by atoms with Crippen LogP contribution in [0.2, 0.25) is 0 Å². The highest BCUT2D eigenvalue weighted by Gasteiger charge is 2.21. The highest BCUT2D eigenvalue weighted by molar-refractivity contribution is 5.89. The van der Waals surface area contributed by atoms with Gasteiger partial charge in [-0.1, -0.05) is 13.0 Å². The Morgan fingerprint density at radius 1 is 1.33 bits per heavy atom. The van der Waals surface area contributed by atoms with Crippen LogP contribution in [-0.2, 0) is 0 Å². The number of benzene rings is 1. The average molecular weight is 254 g/mol. The highest BCUT2D eigenvalue weighted by Crippen LogP contribution is 2.19. The lowest BCUT2D eigenvalue weighted by Gasteiger charge is -2.30. The van der Waals surface area contributed by atoms with Crippen molar-refractivity contribution >= 4 is 11.7 Å². The number of carbonyl (C=O) groups excluding carboxylic acids is 1. The summed E-state index contributed by atoms with van der Waals surface area (Å²) in [5.74, 6) is -1.36. The molecule has 2 amide bonds. The van der Waals surface area contributed by atoms with Gasteiger partial charge in [-0.3, -0.25) is 0 Å². The molecule has 0 spiro atoms. The van der Waals surface area contributed by atoms with Gasteiger partial charge in [0.1, 0.15) is 0 Å². The molecule has 0 aromatic heterocycles. The first-order valence-electron chi connectivity index (χ1n) is 6.08. The predicted molar refractivity (Wildman–Crippen MR) is 65.3 cm³/mol. The lowest BCUT2D eigenvalue weighted by Crippen LogP contribution is -2.40. The second kappa shape index (κ2) is 5.33. The maximum absolute atomic E-state index is 13.4. The third-order valence-electron chi connectivity index (χ3n) is 3.26. The van der Waals surface area contributed by atoms with Gasteiger partial charge in [0.25, 0.3) is 0 Å². The van der Waals surface area contributed by atoms with Crippen molar-refractivity contribution in [2.75, 3.05) is 18.4 Å². The van der Waals surface area contributed by atoms with Crippen LogP contribution in [0, 0.1) is 17.6 Å². The molecule has 1 aromatic carbocycles. The number of anilines is 1. The Balaban J connectivity index is 2.01. The van der Waals surface area contributed by atoms with E-state index in [2.05, 4.69) is 12.2 Å². The van der Waals surface area contributed by atoms with Gasteiger partial charge < -0.3 is 10.2 Å². The van der Waals surface area contributed by atoms with Crippen LogP contribution in [0.15, 0.2) is 18.2 Å². The Kier molecular flexibility index (Phi) is 3.79. The fourth-order valence-corrected chi connectivity index (χ4v) is 2.01. The first-order valence-corrected chi connectivity index (χ1v) is 6.08. The van der Waals surface area contributed by atoms with E-state index < -0.39 is 11.6 Å². The van der Waals surface area contributed by atoms with Gasteiger partial charge in [0.2, 0.25) is 0 Å². The van der Waals surface area contributed by atoms with Crippen LogP contribution in [0.1, 0.15) is 19.8 Å². The number of urea groups is 1. The predicted octanol–water partition coefficient (Wildman–Crippen LogP) is 3.23. The largest absolute Gasteiger partial charge is 0.325 e. The van der Waals surface area contributed by atoms with Crippen molar-refractivity contribution in [1.82, 2.24) is 4.90 Å². The minimum absolute atomic E-state index is 0.112. The number of hydrogen-bond donors (Lipinski definition) is 1. The molecule has 0 atom stereocenters. The molecule has 1 aliphatic rings. The van der Waals surface area contributed by atoms with E-state index in [4.69, 9.17) is 0 Å². The van der Waals surface area contributed by atoms with E-state index in [0.29, 0.717) is 19.0 Å².